The lowest BCUT2D eigenvalue weighted by Crippen LogP contribution is -1.93. The molecule has 0 aliphatic rings. The molecule has 118 valence electrons. The normalized spacial score (nSPS) is 11.8. The predicted molar refractivity (Wildman–Crippen MR) is 90.2 cm³/mol. The molecule has 0 saturated carbocycles. The van der Waals surface area contributed by atoms with E-state index >= 15 is 0 Å². The molecule has 0 amide bonds. The van der Waals surface area contributed by atoms with Crippen LogP contribution in [0, 0.1) is 0 Å². The first-order chi connectivity index (χ1) is 10.3. The summed E-state index contributed by atoms with van der Waals surface area (Å²) in [5, 5.41) is 17.7. The number of nitrogens with zero attached hydrogens (tertiary/aromatic N) is 1. The van der Waals surface area contributed by atoms with Crippen molar-refractivity contribution in [3.8, 4) is 0 Å². The number of aliphatic carboxylic acids is 2. The number of aromatic amines is 1. The van der Waals surface area contributed by atoms with Crippen molar-refractivity contribution in [3.05, 3.63) is 49.6 Å². The van der Waals surface area contributed by atoms with E-state index in [0.29, 0.717) is 18.1 Å². The second kappa shape index (κ2) is 8.86. The van der Waals surface area contributed by atoms with E-state index in [1.807, 2.05) is 6.20 Å². The summed E-state index contributed by atoms with van der Waals surface area (Å²) in [6.07, 6.45) is 4.76. The van der Waals surface area contributed by atoms with Crippen molar-refractivity contribution in [2.24, 2.45) is 0 Å². The minimum Gasteiger partial charge on any atom is -0.478 e. The van der Waals surface area contributed by atoms with Gasteiger partial charge in [0.05, 0.1) is 12.0 Å². The van der Waals surface area contributed by atoms with E-state index in [4.69, 9.17) is 10.2 Å². The number of rotatable bonds is 4. The highest BCUT2D eigenvalue weighted by Gasteiger charge is 2.16. The minimum absolute atomic E-state index is 0.326. The van der Waals surface area contributed by atoms with Crippen molar-refractivity contribution >= 4 is 55.1 Å². The van der Waals surface area contributed by atoms with Gasteiger partial charge in [0, 0.05) is 43.5 Å². The first-order valence-electron chi connectivity index (χ1n) is 5.88. The summed E-state index contributed by atoms with van der Waals surface area (Å²) < 4.78 is 2.25. The van der Waals surface area contributed by atoms with Gasteiger partial charge in [0.25, 0.3) is 0 Å². The Hall–Kier alpha value is -1.45. The van der Waals surface area contributed by atoms with Gasteiger partial charge in [-0.2, -0.15) is 0 Å². The zero-order valence-electron chi connectivity index (χ0n) is 11.3. The fraction of sp³-hybridized carbons (Fsp3) is 0.154. The van der Waals surface area contributed by atoms with Gasteiger partial charge in [-0.15, -0.1) is 11.3 Å². The molecule has 2 aromatic rings. The van der Waals surface area contributed by atoms with Gasteiger partial charge in [-0.1, -0.05) is 6.92 Å². The third-order valence-electron chi connectivity index (χ3n) is 2.44. The van der Waals surface area contributed by atoms with Crippen molar-refractivity contribution in [1.82, 2.24) is 9.97 Å². The Morgan fingerprint density at radius 1 is 1.32 bits per heavy atom. The Balaban J connectivity index is 0.000000261. The molecule has 0 fully saturated rings. The zero-order chi connectivity index (χ0) is 16.7. The fourth-order valence-electron chi connectivity index (χ4n) is 1.41. The number of aromatic nitrogens is 2. The summed E-state index contributed by atoms with van der Waals surface area (Å²) in [5.41, 5.74) is 1.07. The molecule has 9 heteroatoms. The molecule has 0 radical (unpaired) electrons. The van der Waals surface area contributed by atoms with Crippen LogP contribution in [-0.2, 0) is 9.59 Å². The second-order valence-corrected chi connectivity index (χ2v) is 6.55. The Morgan fingerprint density at radius 2 is 1.91 bits per heavy atom. The highest BCUT2D eigenvalue weighted by molar-refractivity contribution is 9.13. The summed E-state index contributed by atoms with van der Waals surface area (Å²) >= 11 is 8.78. The van der Waals surface area contributed by atoms with E-state index in [1.165, 1.54) is 4.88 Å². The van der Waals surface area contributed by atoms with Crippen molar-refractivity contribution in [2.45, 2.75) is 12.8 Å². The van der Waals surface area contributed by atoms with Crippen LogP contribution in [0.5, 0.6) is 0 Å². The summed E-state index contributed by atoms with van der Waals surface area (Å²) in [7, 11) is 0. The molecule has 2 aromatic heterocycles. The van der Waals surface area contributed by atoms with E-state index in [1.54, 1.807) is 17.7 Å². The number of hydrogen-bond donors (Lipinski definition) is 3. The maximum Gasteiger partial charge on any atom is 0.328 e. The molecule has 1 unspecified atom stereocenters. The zero-order valence-corrected chi connectivity index (χ0v) is 15.3. The van der Waals surface area contributed by atoms with Gasteiger partial charge < -0.3 is 15.2 Å². The molecule has 1 atom stereocenters. The first kappa shape index (κ1) is 18.6. The predicted octanol–water partition coefficient (Wildman–Crippen LogP) is 3.86. The standard InChI is InChI=1S/C9H8Br2N2S.C4H4O4/c1-5(7-2-12-4-13-7)9-8(11)6(10)3-14-9;5-3(6)1-2-4(7)8/h2-5H,1H3,(H,12,13);1-2H,(H,5,6)(H,7,8). The second-order valence-electron chi connectivity index (χ2n) is 3.99. The molecule has 0 spiro atoms. The van der Waals surface area contributed by atoms with Crippen LogP contribution in [-0.4, -0.2) is 32.1 Å². The average Bonchev–Trinajstić information content (AvgIpc) is 3.09. The fourth-order valence-corrected chi connectivity index (χ4v) is 3.82. The topological polar surface area (TPSA) is 103 Å². The van der Waals surface area contributed by atoms with E-state index in [-0.39, 0.29) is 0 Å². The van der Waals surface area contributed by atoms with Crippen molar-refractivity contribution in [1.29, 1.82) is 0 Å². The first-order valence-corrected chi connectivity index (χ1v) is 8.34. The van der Waals surface area contributed by atoms with E-state index in [9.17, 15) is 9.59 Å². The van der Waals surface area contributed by atoms with Gasteiger partial charge in [-0.05, 0) is 31.9 Å². The summed E-state index contributed by atoms with van der Waals surface area (Å²) in [4.78, 5) is 27.6. The van der Waals surface area contributed by atoms with Crippen LogP contribution in [0.3, 0.4) is 0 Å². The van der Waals surface area contributed by atoms with Gasteiger partial charge in [-0.3, -0.25) is 0 Å². The van der Waals surface area contributed by atoms with Crippen molar-refractivity contribution in [2.75, 3.05) is 0 Å². The molecular formula is C13H12Br2N2O4S. The molecule has 22 heavy (non-hydrogen) atoms. The minimum atomic E-state index is -1.26. The molecule has 6 nitrogen and oxygen atoms in total. The van der Waals surface area contributed by atoms with Crippen LogP contribution < -0.4 is 0 Å². The summed E-state index contributed by atoms with van der Waals surface area (Å²) in [5.74, 6) is -2.19. The number of thiophene rings is 1. The van der Waals surface area contributed by atoms with Crippen molar-refractivity contribution < 1.29 is 19.8 Å². The Kier molecular flexibility index (Phi) is 7.49. The third-order valence-corrected chi connectivity index (χ3v) is 6.18. The third kappa shape index (κ3) is 5.74. The molecular weight excluding hydrogens is 440 g/mol. The molecule has 0 saturated heterocycles. The Bertz CT molecular complexity index is 652. The number of carboxylic acids is 2. The number of hydrogen-bond acceptors (Lipinski definition) is 4. The van der Waals surface area contributed by atoms with E-state index < -0.39 is 11.9 Å². The Morgan fingerprint density at radius 3 is 2.27 bits per heavy atom. The number of imidazole rings is 1. The van der Waals surface area contributed by atoms with Gasteiger partial charge >= 0.3 is 11.9 Å². The van der Waals surface area contributed by atoms with Crippen LogP contribution in [0.15, 0.2) is 39.0 Å². The SMILES string of the molecule is CC(c1c[nH]cn1)c1scc(Br)c1Br.O=C(O)C=CC(=O)O. The highest BCUT2D eigenvalue weighted by atomic mass is 79.9. The summed E-state index contributed by atoms with van der Waals surface area (Å²) in [6.45, 7) is 2.15. The lowest BCUT2D eigenvalue weighted by atomic mass is 10.1. The van der Waals surface area contributed by atoms with Crippen LogP contribution in [0.4, 0.5) is 0 Å². The van der Waals surface area contributed by atoms with E-state index in [0.717, 1.165) is 14.6 Å². The molecule has 0 aliphatic carbocycles. The van der Waals surface area contributed by atoms with Gasteiger partial charge in [0.1, 0.15) is 0 Å². The molecule has 2 rings (SSSR count). The number of carboxylic acid groups (broad SMARTS) is 2. The average molecular weight is 452 g/mol. The number of halogens is 2. The van der Waals surface area contributed by atoms with Gasteiger partial charge in [0.15, 0.2) is 0 Å². The molecule has 0 bridgehead atoms. The molecule has 0 aromatic carbocycles. The van der Waals surface area contributed by atoms with Crippen LogP contribution in [0.1, 0.15) is 23.4 Å². The van der Waals surface area contributed by atoms with Gasteiger partial charge in [-0.25, -0.2) is 14.6 Å². The number of carbonyl (C=O) groups is 2. The van der Waals surface area contributed by atoms with Crippen LogP contribution >= 0.6 is 43.2 Å². The lowest BCUT2D eigenvalue weighted by Gasteiger charge is -2.06. The highest BCUT2D eigenvalue weighted by Crippen LogP contribution is 2.39. The maximum absolute atomic E-state index is 9.55. The largest absolute Gasteiger partial charge is 0.478 e. The monoisotopic (exact) mass is 450 g/mol. The molecule has 3 N–H and O–H groups in total. The smallest absolute Gasteiger partial charge is 0.328 e. The Labute approximate surface area is 147 Å². The number of nitrogens with one attached hydrogen (secondary N) is 1. The van der Waals surface area contributed by atoms with Gasteiger partial charge in [0.2, 0.25) is 0 Å². The maximum atomic E-state index is 9.55. The molecule has 2 heterocycles. The summed E-state index contributed by atoms with van der Waals surface area (Å²) in [6, 6.07) is 0. The quantitative estimate of drug-likeness (QED) is 0.612. The molecule has 0 aliphatic heterocycles. The number of H-pyrrole nitrogens is 1. The van der Waals surface area contributed by atoms with Crippen molar-refractivity contribution in [3.63, 3.8) is 0 Å². The van der Waals surface area contributed by atoms with Crippen LogP contribution in [0.2, 0.25) is 0 Å². The van der Waals surface area contributed by atoms with E-state index in [2.05, 4.69) is 54.1 Å². The lowest BCUT2D eigenvalue weighted by molar-refractivity contribution is -0.134. The van der Waals surface area contributed by atoms with Crippen LogP contribution in [0.25, 0.3) is 0 Å².